The zero-order chi connectivity index (χ0) is 26.3. The fourth-order valence-corrected chi connectivity index (χ4v) is 4.77. The van der Waals surface area contributed by atoms with E-state index < -0.39 is 11.7 Å². The SMILES string of the molecule is C[C@@H]1CN(c2ccc(C(=O)Nc3cc(F)c4nn(C)cc4c3)c3nc(OCC(=N)N)ncc23)C[C@H](C)N1. The zero-order valence-corrected chi connectivity index (χ0v) is 20.7. The van der Waals surface area contributed by atoms with E-state index in [0.717, 1.165) is 18.8 Å². The molecule has 2 atom stereocenters. The van der Waals surface area contributed by atoms with Gasteiger partial charge in [0.05, 0.1) is 11.1 Å². The average Bonchev–Trinajstić information content (AvgIpc) is 3.22. The highest BCUT2D eigenvalue weighted by atomic mass is 19.1. The van der Waals surface area contributed by atoms with E-state index in [1.54, 1.807) is 31.6 Å². The van der Waals surface area contributed by atoms with Crippen LogP contribution in [0.1, 0.15) is 24.2 Å². The summed E-state index contributed by atoms with van der Waals surface area (Å²) in [6.45, 7) is 5.62. The summed E-state index contributed by atoms with van der Waals surface area (Å²) in [5, 5.41) is 19.1. The van der Waals surface area contributed by atoms with Gasteiger partial charge in [-0.25, -0.2) is 9.37 Å². The molecule has 3 heterocycles. The minimum atomic E-state index is -0.530. The molecule has 12 heteroatoms. The molecule has 0 aliphatic carbocycles. The van der Waals surface area contributed by atoms with Crippen LogP contribution in [0.4, 0.5) is 15.8 Å². The van der Waals surface area contributed by atoms with Crippen LogP contribution in [0.2, 0.25) is 0 Å². The van der Waals surface area contributed by atoms with Crippen LogP contribution in [0.5, 0.6) is 6.01 Å². The number of fused-ring (bicyclic) bond motifs is 2. The molecule has 1 fully saturated rings. The smallest absolute Gasteiger partial charge is 0.317 e. The second kappa shape index (κ2) is 9.62. The number of benzene rings is 2. The van der Waals surface area contributed by atoms with Crippen LogP contribution in [0.25, 0.3) is 21.8 Å². The summed E-state index contributed by atoms with van der Waals surface area (Å²) in [6, 6.07) is 7.04. The van der Waals surface area contributed by atoms with Gasteiger partial charge < -0.3 is 26.0 Å². The number of amides is 1. The van der Waals surface area contributed by atoms with Crippen molar-refractivity contribution < 1.29 is 13.9 Å². The lowest BCUT2D eigenvalue weighted by atomic mass is 10.0. The highest BCUT2D eigenvalue weighted by molar-refractivity contribution is 6.14. The van der Waals surface area contributed by atoms with Crippen molar-refractivity contribution in [2.45, 2.75) is 25.9 Å². The Bertz CT molecular complexity index is 1510. The van der Waals surface area contributed by atoms with Gasteiger partial charge >= 0.3 is 6.01 Å². The van der Waals surface area contributed by atoms with Gasteiger partial charge in [-0.3, -0.25) is 14.9 Å². The Morgan fingerprint density at radius 3 is 2.76 bits per heavy atom. The zero-order valence-electron chi connectivity index (χ0n) is 20.7. The number of amidine groups is 1. The van der Waals surface area contributed by atoms with Crippen LogP contribution in [-0.4, -0.2) is 63.3 Å². The largest absolute Gasteiger partial charge is 0.455 e. The van der Waals surface area contributed by atoms with Crippen molar-refractivity contribution in [2.24, 2.45) is 12.8 Å². The number of hydrogen-bond donors (Lipinski definition) is 4. The number of nitrogens with one attached hydrogen (secondary N) is 3. The molecule has 0 saturated carbocycles. The van der Waals surface area contributed by atoms with Crippen molar-refractivity contribution in [2.75, 3.05) is 29.9 Å². The second-order valence-electron chi connectivity index (χ2n) is 9.39. The normalized spacial score (nSPS) is 17.8. The quantitative estimate of drug-likeness (QED) is 0.231. The van der Waals surface area contributed by atoms with E-state index in [1.807, 2.05) is 6.07 Å². The molecule has 0 bridgehead atoms. The summed E-state index contributed by atoms with van der Waals surface area (Å²) >= 11 is 0. The monoisotopic (exact) mass is 505 g/mol. The van der Waals surface area contributed by atoms with Crippen LogP contribution in [0.15, 0.2) is 36.7 Å². The Balaban J connectivity index is 1.54. The van der Waals surface area contributed by atoms with Crippen LogP contribution >= 0.6 is 0 Å². The molecular formula is C25H28FN9O2. The molecular weight excluding hydrogens is 477 g/mol. The number of piperazine rings is 1. The number of hydrogen-bond acceptors (Lipinski definition) is 8. The average molecular weight is 506 g/mol. The van der Waals surface area contributed by atoms with Gasteiger partial charge in [-0.15, -0.1) is 0 Å². The predicted molar refractivity (Wildman–Crippen MR) is 140 cm³/mol. The van der Waals surface area contributed by atoms with Gasteiger partial charge in [0.1, 0.15) is 18.0 Å². The van der Waals surface area contributed by atoms with E-state index in [0.29, 0.717) is 22.0 Å². The number of nitrogens with two attached hydrogens (primary N) is 1. The first-order chi connectivity index (χ1) is 17.7. The minimum Gasteiger partial charge on any atom is -0.455 e. The van der Waals surface area contributed by atoms with Gasteiger partial charge in [-0.1, -0.05) is 0 Å². The fourth-order valence-electron chi connectivity index (χ4n) is 4.77. The summed E-state index contributed by atoms with van der Waals surface area (Å²) in [7, 11) is 1.71. The molecule has 5 N–H and O–H groups in total. The third kappa shape index (κ3) is 5.00. The maximum Gasteiger partial charge on any atom is 0.317 e. The number of carbonyl (C=O) groups excluding carboxylic acids is 1. The summed E-state index contributed by atoms with van der Waals surface area (Å²) in [5.74, 6) is -1.16. The number of halogens is 1. The summed E-state index contributed by atoms with van der Waals surface area (Å²) in [5.41, 5.74) is 7.49. The summed E-state index contributed by atoms with van der Waals surface area (Å²) in [4.78, 5) is 24.4. The molecule has 1 saturated heterocycles. The van der Waals surface area contributed by atoms with E-state index in [1.165, 1.54) is 10.7 Å². The molecule has 5 rings (SSSR count). The Morgan fingerprint density at radius 2 is 2.03 bits per heavy atom. The molecule has 4 aromatic rings. The molecule has 11 nitrogen and oxygen atoms in total. The van der Waals surface area contributed by atoms with Crippen LogP contribution in [-0.2, 0) is 7.05 Å². The van der Waals surface area contributed by atoms with Gasteiger partial charge in [0.15, 0.2) is 5.82 Å². The number of rotatable bonds is 6. The van der Waals surface area contributed by atoms with Crippen LogP contribution in [0, 0.1) is 11.2 Å². The number of anilines is 2. The van der Waals surface area contributed by atoms with Gasteiger partial charge in [0.2, 0.25) is 0 Å². The number of carbonyl (C=O) groups is 1. The Morgan fingerprint density at radius 1 is 1.27 bits per heavy atom. The molecule has 2 aromatic carbocycles. The number of ether oxygens (including phenoxy) is 1. The predicted octanol–water partition coefficient (Wildman–Crippen LogP) is 2.41. The van der Waals surface area contributed by atoms with E-state index >= 15 is 0 Å². The third-order valence-electron chi connectivity index (χ3n) is 6.14. The molecule has 0 radical (unpaired) electrons. The van der Waals surface area contributed by atoms with E-state index in [2.05, 4.69) is 44.4 Å². The minimum absolute atomic E-state index is 0.00114. The van der Waals surface area contributed by atoms with Gasteiger partial charge in [0, 0.05) is 66.8 Å². The van der Waals surface area contributed by atoms with E-state index in [9.17, 15) is 9.18 Å². The van der Waals surface area contributed by atoms with Crippen LogP contribution in [0.3, 0.4) is 0 Å². The maximum absolute atomic E-state index is 14.6. The first-order valence-corrected chi connectivity index (χ1v) is 11.9. The topological polar surface area (TPSA) is 147 Å². The van der Waals surface area contributed by atoms with Crippen molar-refractivity contribution in [3.05, 3.63) is 48.0 Å². The standard InChI is InChI=1S/C25H28FN9O2/c1-13-9-35(10-14(2)30-13)20-5-4-17(23-18(20)8-29-25(32-23)37-12-21(27)28)24(36)31-16-6-15-11-34(3)33-22(15)19(26)7-16/h4-8,11,13-14,30H,9-10,12H2,1-3H3,(H3,27,28)(H,31,36)/t13-,14+. The van der Waals surface area contributed by atoms with Crippen molar-refractivity contribution >= 4 is 44.9 Å². The fraction of sp³-hybridized carbons (Fsp3) is 0.320. The van der Waals surface area contributed by atoms with E-state index in [4.69, 9.17) is 15.9 Å². The molecule has 0 spiro atoms. The third-order valence-corrected chi connectivity index (χ3v) is 6.14. The first-order valence-electron chi connectivity index (χ1n) is 11.9. The molecule has 2 aromatic heterocycles. The lowest BCUT2D eigenvalue weighted by Gasteiger charge is -2.38. The Labute approximate surface area is 212 Å². The van der Waals surface area contributed by atoms with Crippen LogP contribution < -0.4 is 26.0 Å². The molecule has 0 unspecified atom stereocenters. The molecule has 1 aliphatic heterocycles. The van der Waals surface area contributed by atoms with Gasteiger partial charge in [-0.05, 0) is 38.1 Å². The molecule has 1 amide bonds. The van der Waals surface area contributed by atoms with E-state index in [-0.39, 0.29) is 41.6 Å². The Hall–Kier alpha value is -4.32. The number of nitrogens with zero attached hydrogens (tertiary/aromatic N) is 5. The Kier molecular flexibility index (Phi) is 6.34. The van der Waals surface area contributed by atoms with Crippen molar-refractivity contribution in [3.8, 4) is 6.01 Å². The molecule has 1 aliphatic rings. The van der Waals surface area contributed by atoms with Gasteiger partial charge in [0.25, 0.3) is 5.91 Å². The summed E-state index contributed by atoms with van der Waals surface area (Å²) in [6.07, 6.45) is 3.29. The lowest BCUT2D eigenvalue weighted by molar-refractivity contribution is 0.102. The van der Waals surface area contributed by atoms with Crippen molar-refractivity contribution in [1.82, 2.24) is 25.1 Å². The molecule has 37 heavy (non-hydrogen) atoms. The number of aryl methyl sites for hydroxylation is 1. The molecule has 192 valence electrons. The maximum atomic E-state index is 14.6. The van der Waals surface area contributed by atoms with Gasteiger partial charge in [-0.2, -0.15) is 10.1 Å². The number of aromatic nitrogens is 4. The highest BCUT2D eigenvalue weighted by Gasteiger charge is 2.25. The summed E-state index contributed by atoms with van der Waals surface area (Å²) < 4.78 is 21.5. The lowest BCUT2D eigenvalue weighted by Crippen LogP contribution is -2.54. The van der Waals surface area contributed by atoms with Crippen molar-refractivity contribution in [1.29, 1.82) is 5.41 Å². The highest BCUT2D eigenvalue weighted by Crippen LogP contribution is 2.31. The first kappa shape index (κ1) is 24.4. The van der Waals surface area contributed by atoms with Crippen molar-refractivity contribution in [3.63, 3.8) is 0 Å². The second-order valence-corrected chi connectivity index (χ2v) is 9.39.